The molecule has 0 amide bonds. The summed E-state index contributed by atoms with van der Waals surface area (Å²) in [5.74, 6) is 0.286. The van der Waals surface area contributed by atoms with Crippen molar-refractivity contribution in [3.8, 4) is 0 Å². The SMILES string of the molecule is COCCNCc1cc(=O)[nH]c(Cc2ccc(F)cc2)n1. The van der Waals surface area contributed by atoms with Crippen LogP contribution in [-0.4, -0.2) is 30.2 Å². The van der Waals surface area contributed by atoms with Gasteiger partial charge in [-0.3, -0.25) is 4.79 Å². The van der Waals surface area contributed by atoms with Crippen LogP contribution in [0.2, 0.25) is 0 Å². The fourth-order valence-electron chi connectivity index (χ4n) is 1.92. The monoisotopic (exact) mass is 291 g/mol. The quantitative estimate of drug-likeness (QED) is 0.753. The largest absolute Gasteiger partial charge is 0.383 e. The maximum atomic E-state index is 12.9. The van der Waals surface area contributed by atoms with Crippen LogP contribution in [0.25, 0.3) is 0 Å². The molecule has 0 radical (unpaired) electrons. The van der Waals surface area contributed by atoms with Gasteiger partial charge >= 0.3 is 0 Å². The molecule has 0 bridgehead atoms. The minimum Gasteiger partial charge on any atom is -0.383 e. The minimum absolute atomic E-state index is 0.189. The number of hydrogen-bond donors (Lipinski definition) is 2. The normalized spacial score (nSPS) is 10.8. The number of H-pyrrole nitrogens is 1. The highest BCUT2D eigenvalue weighted by atomic mass is 19.1. The van der Waals surface area contributed by atoms with E-state index in [0.29, 0.717) is 37.6 Å². The first-order valence-corrected chi connectivity index (χ1v) is 6.70. The van der Waals surface area contributed by atoms with Gasteiger partial charge < -0.3 is 15.0 Å². The molecule has 112 valence electrons. The molecule has 1 heterocycles. The Bertz CT molecular complexity index is 626. The van der Waals surface area contributed by atoms with Crippen LogP contribution in [0.1, 0.15) is 17.1 Å². The predicted molar refractivity (Wildman–Crippen MR) is 77.6 cm³/mol. The van der Waals surface area contributed by atoms with Gasteiger partial charge in [0.2, 0.25) is 0 Å². The van der Waals surface area contributed by atoms with Crippen molar-refractivity contribution in [2.45, 2.75) is 13.0 Å². The molecule has 5 nitrogen and oxygen atoms in total. The van der Waals surface area contributed by atoms with Crippen molar-refractivity contribution in [3.63, 3.8) is 0 Å². The fraction of sp³-hybridized carbons (Fsp3) is 0.333. The average molecular weight is 291 g/mol. The molecule has 2 rings (SSSR count). The van der Waals surface area contributed by atoms with Gasteiger partial charge in [0.05, 0.1) is 12.3 Å². The van der Waals surface area contributed by atoms with Crippen molar-refractivity contribution < 1.29 is 9.13 Å². The lowest BCUT2D eigenvalue weighted by Crippen LogP contribution is -2.22. The van der Waals surface area contributed by atoms with Gasteiger partial charge in [-0.05, 0) is 17.7 Å². The summed E-state index contributed by atoms with van der Waals surface area (Å²) in [5.41, 5.74) is 1.38. The summed E-state index contributed by atoms with van der Waals surface area (Å²) < 4.78 is 17.8. The van der Waals surface area contributed by atoms with Crippen LogP contribution >= 0.6 is 0 Å². The molecule has 0 unspecified atom stereocenters. The van der Waals surface area contributed by atoms with Gasteiger partial charge in [0, 0.05) is 32.7 Å². The highest BCUT2D eigenvalue weighted by molar-refractivity contribution is 5.20. The summed E-state index contributed by atoms with van der Waals surface area (Å²) in [6.07, 6.45) is 0.460. The van der Waals surface area contributed by atoms with E-state index in [9.17, 15) is 9.18 Å². The molecule has 0 saturated heterocycles. The number of methoxy groups -OCH3 is 1. The third-order valence-corrected chi connectivity index (χ3v) is 2.92. The highest BCUT2D eigenvalue weighted by Gasteiger charge is 2.03. The van der Waals surface area contributed by atoms with Gasteiger partial charge in [-0.1, -0.05) is 12.1 Å². The zero-order valence-corrected chi connectivity index (χ0v) is 11.9. The maximum Gasteiger partial charge on any atom is 0.251 e. The van der Waals surface area contributed by atoms with Gasteiger partial charge in [0.15, 0.2) is 0 Å². The third-order valence-electron chi connectivity index (χ3n) is 2.92. The number of aromatic amines is 1. The van der Waals surface area contributed by atoms with Crippen LogP contribution in [0.4, 0.5) is 4.39 Å². The van der Waals surface area contributed by atoms with Crippen molar-refractivity contribution in [3.05, 3.63) is 63.6 Å². The number of benzene rings is 1. The predicted octanol–water partition coefficient (Wildman–Crippen LogP) is 1.24. The van der Waals surface area contributed by atoms with E-state index < -0.39 is 0 Å². The van der Waals surface area contributed by atoms with E-state index in [-0.39, 0.29) is 11.4 Å². The number of hydrogen-bond acceptors (Lipinski definition) is 4. The third kappa shape index (κ3) is 5.09. The molecule has 1 aromatic heterocycles. The van der Waals surface area contributed by atoms with Gasteiger partial charge in [0.25, 0.3) is 5.56 Å². The van der Waals surface area contributed by atoms with Crippen LogP contribution in [0.3, 0.4) is 0 Å². The maximum absolute atomic E-state index is 12.9. The zero-order chi connectivity index (χ0) is 15.1. The second-order valence-corrected chi connectivity index (χ2v) is 4.66. The average Bonchev–Trinajstić information content (AvgIpc) is 2.46. The lowest BCUT2D eigenvalue weighted by atomic mass is 10.1. The Balaban J connectivity index is 2.04. The van der Waals surface area contributed by atoms with Gasteiger partial charge in [-0.25, -0.2) is 9.37 Å². The van der Waals surface area contributed by atoms with E-state index in [0.717, 1.165) is 5.56 Å². The first kappa shape index (κ1) is 15.3. The molecule has 0 atom stereocenters. The Hall–Kier alpha value is -2.05. The Kier molecular flexibility index (Phi) is 5.59. The summed E-state index contributed by atoms with van der Waals surface area (Å²) in [4.78, 5) is 18.7. The Morgan fingerprint density at radius 1 is 1.33 bits per heavy atom. The lowest BCUT2D eigenvalue weighted by Gasteiger charge is -2.06. The van der Waals surface area contributed by atoms with Gasteiger partial charge in [0.1, 0.15) is 11.6 Å². The molecule has 0 aliphatic carbocycles. The first-order valence-electron chi connectivity index (χ1n) is 6.70. The standard InChI is InChI=1S/C15H18FN3O2/c1-21-7-6-17-10-13-9-15(20)19-14(18-13)8-11-2-4-12(16)5-3-11/h2-5,9,17H,6-8,10H2,1H3,(H,18,19,20). The molecular formula is C15H18FN3O2. The van der Waals surface area contributed by atoms with E-state index >= 15 is 0 Å². The van der Waals surface area contributed by atoms with Gasteiger partial charge in [-0.2, -0.15) is 0 Å². The smallest absolute Gasteiger partial charge is 0.251 e. The zero-order valence-electron chi connectivity index (χ0n) is 11.9. The molecule has 1 aromatic carbocycles. The first-order chi connectivity index (χ1) is 10.2. The second kappa shape index (κ2) is 7.66. The van der Waals surface area contributed by atoms with E-state index in [2.05, 4.69) is 15.3 Å². The molecule has 0 aliphatic heterocycles. The number of halogens is 1. The van der Waals surface area contributed by atoms with Crippen molar-refractivity contribution in [2.75, 3.05) is 20.3 Å². The summed E-state index contributed by atoms with van der Waals surface area (Å²) in [5, 5.41) is 3.14. The number of nitrogens with zero attached hydrogens (tertiary/aromatic N) is 1. The Morgan fingerprint density at radius 2 is 2.10 bits per heavy atom. The summed E-state index contributed by atoms with van der Waals surface area (Å²) in [6.45, 7) is 1.80. The number of ether oxygens (including phenoxy) is 1. The minimum atomic E-state index is -0.281. The van der Waals surface area contributed by atoms with Gasteiger partial charge in [-0.15, -0.1) is 0 Å². The van der Waals surface area contributed by atoms with Crippen LogP contribution in [0.5, 0.6) is 0 Å². The summed E-state index contributed by atoms with van der Waals surface area (Å²) in [6, 6.07) is 7.61. The van der Waals surface area contributed by atoms with Crippen molar-refractivity contribution in [1.29, 1.82) is 0 Å². The number of nitrogens with one attached hydrogen (secondary N) is 2. The second-order valence-electron chi connectivity index (χ2n) is 4.66. The van der Waals surface area contributed by atoms with E-state index in [1.165, 1.54) is 18.2 Å². The molecule has 2 N–H and O–H groups in total. The molecule has 6 heteroatoms. The van der Waals surface area contributed by atoms with Crippen LogP contribution in [-0.2, 0) is 17.7 Å². The number of rotatable bonds is 7. The van der Waals surface area contributed by atoms with Crippen LogP contribution < -0.4 is 10.9 Å². The number of aromatic nitrogens is 2. The molecule has 0 fully saturated rings. The summed E-state index contributed by atoms with van der Waals surface area (Å²) in [7, 11) is 1.63. The van der Waals surface area contributed by atoms with E-state index in [1.54, 1.807) is 19.2 Å². The molecule has 0 aliphatic rings. The fourth-order valence-corrected chi connectivity index (χ4v) is 1.92. The molecular weight excluding hydrogens is 273 g/mol. The summed E-state index contributed by atoms with van der Waals surface area (Å²) >= 11 is 0. The Morgan fingerprint density at radius 3 is 2.81 bits per heavy atom. The molecule has 0 spiro atoms. The van der Waals surface area contributed by atoms with Crippen LogP contribution in [0, 0.1) is 5.82 Å². The van der Waals surface area contributed by atoms with E-state index in [4.69, 9.17) is 4.74 Å². The van der Waals surface area contributed by atoms with E-state index in [1.807, 2.05) is 0 Å². The topological polar surface area (TPSA) is 67.0 Å². The van der Waals surface area contributed by atoms with Crippen molar-refractivity contribution in [2.24, 2.45) is 0 Å². The highest BCUT2D eigenvalue weighted by Crippen LogP contribution is 2.06. The lowest BCUT2D eigenvalue weighted by molar-refractivity contribution is 0.199. The molecule has 2 aromatic rings. The van der Waals surface area contributed by atoms with Crippen molar-refractivity contribution >= 4 is 0 Å². The molecule has 0 saturated carbocycles. The molecule has 21 heavy (non-hydrogen) atoms. The Labute approximate surface area is 122 Å². The van der Waals surface area contributed by atoms with Crippen molar-refractivity contribution in [1.82, 2.24) is 15.3 Å². The van der Waals surface area contributed by atoms with Crippen LogP contribution in [0.15, 0.2) is 35.1 Å².